The van der Waals surface area contributed by atoms with Crippen LogP contribution in [0.25, 0.3) is 0 Å². The number of allylic oxidation sites excluding steroid dienone is 2. The first-order valence-electron chi connectivity index (χ1n) is 10.0. The van der Waals surface area contributed by atoms with Crippen LogP contribution in [0.15, 0.2) is 24.0 Å². The van der Waals surface area contributed by atoms with Gasteiger partial charge in [0, 0.05) is 31.1 Å². The minimum Gasteiger partial charge on any atom is -0.495 e. The third-order valence-electron chi connectivity index (χ3n) is 5.47. The van der Waals surface area contributed by atoms with E-state index in [-0.39, 0.29) is 23.9 Å². The number of carbonyl (C=O) groups excluding carboxylic acids is 1. The zero-order valence-electron chi connectivity index (χ0n) is 16.1. The van der Waals surface area contributed by atoms with Gasteiger partial charge in [0.15, 0.2) is 0 Å². The van der Waals surface area contributed by atoms with Gasteiger partial charge >= 0.3 is 5.97 Å². The maximum Gasteiger partial charge on any atom is 0.305 e. The van der Waals surface area contributed by atoms with Gasteiger partial charge in [0.25, 0.3) is 0 Å². The minimum atomic E-state index is -0.427. The molecule has 2 fully saturated rings. The summed E-state index contributed by atoms with van der Waals surface area (Å²) in [5.41, 5.74) is 0. The molecule has 148 valence electrons. The Balaban J connectivity index is 1.81. The van der Waals surface area contributed by atoms with E-state index >= 15 is 0 Å². The fourth-order valence-corrected chi connectivity index (χ4v) is 3.95. The molecule has 2 N–H and O–H groups in total. The zero-order valence-corrected chi connectivity index (χ0v) is 16.1. The highest BCUT2D eigenvalue weighted by Gasteiger charge is 2.46. The minimum absolute atomic E-state index is 0.0433. The molecule has 0 amide bonds. The normalized spacial score (nSPS) is 30.5. The molecule has 26 heavy (non-hydrogen) atoms. The Kier molecular flexibility index (Phi) is 8.66. The number of hydrogen-bond donors (Lipinski definition) is 2. The molecule has 0 radical (unpaired) electrons. The number of methoxy groups -OCH3 is 1. The van der Waals surface area contributed by atoms with E-state index in [2.05, 4.69) is 17.7 Å². The number of ether oxygens (including phenoxy) is 2. The number of hydrogen-bond acceptors (Lipinski definition) is 5. The molecule has 5 atom stereocenters. The summed E-state index contributed by atoms with van der Waals surface area (Å²) in [4.78, 5) is 11.1. The Bertz CT molecular complexity index is 499. The molecular formula is C21H34O5. The van der Waals surface area contributed by atoms with E-state index in [1.807, 2.05) is 12.2 Å². The Labute approximate surface area is 157 Å². The van der Waals surface area contributed by atoms with Gasteiger partial charge in [-0.25, -0.2) is 0 Å². The molecule has 0 aromatic heterocycles. The highest BCUT2D eigenvalue weighted by atomic mass is 16.5. The molecular weight excluding hydrogens is 332 g/mol. The van der Waals surface area contributed by atoms with E-state index < -0.39 is 12.2 Å². The van der Waals surface area contributed by atoms with E-state index in [1.54, 1.807) is 0 Å². The average Bonchev–Trinajstić information content (AvgIpc) is 3.13. The van der Waals surface area contributed by atoms with Gasteiger partial charge in [-0.2, -0.15) is 0 Å². The van der Waals surface area contributed by atoms with Crippen LogP contribution in [0.4, 0.5) is 0 Å². The molecule has 0 spiro atoms. The number of carbonyl (C=O) groups is 1. The van der Waals surface area contributed by atoms with Crippen LogP contribution in [0.1, 0.15) is 64.7 Å². The Morgan fingerprint density at radius 3 is 2.92 bits per heavy atom. The van der Waals surface area contributed by atoms with E-state index in [9.17, 15) is 15.0 Å². The number of rotatable bonds is 10. The third kappa shape index (κ3) is 6.13. The molecule has 1 saturated heterocycles. The maximum atomic E-state index is 11.1. The van der Waals surface area contributed by atoms with Crippen molar-refractivity contribution in [2.75, 3.05) is 7.11 Å². The summed E-state index contributed by atoms with van der Waals surface area (Å²) in [5.74, 6) is 1.11. The second-order valence-corrected chi connectivity index (χ2v) is 7.49. The second-order valence-electron chi connectivity index (χ2n) is 7.49. The number of esters is 1. The summed E-state index contributed by atoms with van der Waals surface area (Å²) < 4.78 is 10.6. The molecule has 5 nitrogen and oxygen atoms in total. The van der Waals surface area contributed by atoms with Crippen LogP contribution in [0.3, 0.4) is 0 Å². The highest BCUT2D eigenvalue weighted by Crippen LogP contribution is 2.45. The van der Waals surface area contributed by atoms with Crippen molar-refractivity contribution in [3.8, 4) is 0 Å². The van der Waals surface area contributed by atoms with Gasteiger partial charge in [0.1, 0.15) is 6.10 Å². The number of unbranched alkanes of at least 4 members (excludes halogenated alkanes) is 3. The molecule has 1 aliphatic heterocycles. The van der Waals surface area contributed by atoms with Crippen LogP contribution in [-0.2, 0) is 14.3 Å². The lowest BCUT2D eigenvalue weighted by molar-refractivity contribution is -0.140. The molecule has 2 rings (SSSR count). The van der Waals surface area contributed by atoms with E-state index in [0.717, 1.165) is 50.7 Å². The Morgan fingerprint density at radius 2 is 2.19 bits per heavy atom. The SMILES string of the molecule is CCCCCC(O)C=CC1C(O)CC2OC(=CCCCC(=O)OC)CC21. The van der Waals surface area contributed by atoms with Crippen LogP contribution < -0.4 is 0 Å². The summed E-state index contributed by atoms with van der Waals surface area (Å²) >= 11 is 0. The molecule has 5 unspecified atom stereocenters. The predicted molar refractivity (Wildman–Crippen MR) is 100 cm³/mol. The van der Waals surface area contributed by atoms with Gasteiger partial charge in [0.05, 0.1) is 25.1 Å². The smallest absolute Gasteiger partial charge is 0.305 e. The lowest BCUT2D eigenvalue weighted by Crippen LogP contribution is -2.18. The lowest BCUT2D eigenvalue weighted by Gasteiger charge is -2.16. The standard InChI is InChI=1S/C21H34O5/c1-3-4-5-8-15(22)11-12-17-18-13-16(26-20(18)14-19(17)23)9-6-7-10-21(24)25-2/h9,11-12,15,17-20,22-23H,3-8,10,13-14H2,1-2H3. The first-order valence-corrected chi connectivity index (χ1v) is 10.0. The van der Waals surface area contributed by atoms with Crippen LogP contribution >= 0.6 is 0 Å². The van der Waals surface area contributed by atoms with Gasteiger partial charge in [-0.05, 0) is 25.3 Å². The van der Waals surface area contributed by atoms with Crippen molar-refractivity contribution in [3.05, 3.63) is 24.0 Å². The first kappa shape index (κ1) is 21.0. The van der Waals surface area contributed by atoms with Gasteiger partial charge < -0.3 is 19.7 Å². The summed E-state index contributed by atoms with van der Waals surface area (Å²) in [6.45, 7) is 2.15. The number of aliphatic hydroxyl groups is 2. The summed E-state index contributed by atoms with van der Waals surface area (Å²) in [6.07, 6.45) is 12.7. The van der Waals surface area contributed by atoms with Crippen LogP contribution in [-0.4, -0.2) is 41.6 Å². The molecule has 0 aromatic rings. The Morgan fingerprint density at radius 1 is 1.38 bits per heavy atom. The van der Waals surface area contributed by atoms with Crippen molar-refractivity contribution in [1.82, 2.24) is 0 Å². The number of aliphatic hydroxyl groups excluding tert-OH is 2. The van der Waals surface area contributed by atoms with Gasteiger partial charge in [-0.1, -0.05) is 38.3 Å². The summed E-state index contributed by atoms with van der Waals surface area (Å²) in [6, 6.07) is 0. The van der Waals surface area contributed by atoms with Crippen LogP contribution in [0.5, 0.6) is 0 Å². The molecule has 2 aliphatic rings. The molecule has 1 aliphatic carbocycles. The molecule has 1 heterocycles. The fraction of sp³-hybridized carbons (Fsp3) is 0.762. The average molecular weight is 366 g/mol. The largest absolute Gasteiger partial charge is 0.495 e. The van der Waals surface area contributed by atoms with Gasteiger partial charge in [-0.15, -0.1) is 0 Å². The molecule has 0 bridgehead atoms. The van der Waals surface area contributed by atoms with E-state index in [0.29, 0.717) is 12.8 Å². The van der Waals surface area contributed by atoms with E-state index in [4.69, 9.17) is 4.74 Å². The first-order chi connectivity index (χ1) is 12.5. The van der Waals surface area contributed by atoms with Crippen LogP contribution in [0, 0.1) is 11.8 Å². The maximum absolute atomic E-state index is 11.1. The zero-order chi connectivity index (χ0) is 18.9. The monoisotopic (exact) mass is 366 g/mol. The van der Waals surface area contributed by atoms with Crippen molar-refractivity contribution in [3.63, 3.8) is 0 Å². The topological polar surface area (TPSA) is 76.0 Å². The van der Waals surface area contributed by atoms with E-state index in [1.165, 1.54) is 7.11 Å². The highest BCUT2D eigenvalue weighted by molar-refractivity contribution is 5.69. The quantitative estimate of drug-likeness (QED) is 0.352. The molecule has 5 heteroatoms. The Hall–Kier alpha value is -1.33. The van der Waals surface area contributed by atoms with Crippen molar-refractivity contribution in [2.24, 2.45) is 11.8 Å². The van der Waals surface area contributed by atoms with Crippen LogP contribution in [0.2, 0.25) is 0 Å². The van der Waals surface area contributed by atoms with Crippen molar-refractivity contribution >= 4 is 5.97 Å². The van der Waals surface area contributed by atoms with Crippen molar-refractivity contribution in [1.29, 1.82) is 0 Å². The van der Waals surface area contributed by atoms with Gasteiger partial charge in [-0.3, -0.25) is 4.79 Å². The number of fused-ring (bicyclic) bond motifs is 1. The summed E-state index contributed by atoms with van der Waals surface area (Å²) in [5, 5.41) is 20.4. The molecule has 1 saturated carbocycles. The van der Waals surface area contributed by atoms with Crippen molar-refractivity contribution < 1.29 is 24.5 Å². The lowest BCUT2D eigenvalue weighted by atomic mass is 9.90. The molecule has 0 aromatic carbocycles. The third-order valence-corrected chi connectivity index (χ3v) is 5.47. The fourth-order valence-electron chi connectivity index (χ4n) is 3.95. The summed E-state index contributed by atoms with van der Waals surface area (Å²) in [7, 11) is 1.40. The second kappa shape index (κ2) is 10.7. The van der Waals surface area contributed by atoms with Crippen molar-refractivity contribution in [2.45, 2.75) is 83.0 Å². The van der Waals surface area contributed by atoms with Gasteiger partial charge in [0.2, 0.25) is 0 Å². The predicted octanol–water partition coefficient (Wildman–Crippen LogP) is 3.50.